The average molecular weight is 242 g/mol. The molecular weight excluding hydrogens is 228 g/mol. The maximum Gasteiger partial charge on any atom is 0.189 e. The Hall–Kier alpha value is -1.81. The van der Waals surface area contributed by atoms with Gasteiger partial charge in [0.2, 0.25) is 0 Å². The van der Waals surface area contributed by atoms with E-state index in [9.17, 15) is 0 Å². The van der Waals surface area contributed by atoms with Gasteiger partial charge in [-0.2, -0.15) is 0 Å². The van der Waals surface area contributed by atoms with Gasteiger partial charge in [0.1, 0.15) is 17.7 Å². The summed E-state index contributed by atoms with van der Waals surface area (Å²) in [6, 6.07) is 0. The summed E-state index contributed by atoms with van der Waals surface area (Å²) in [6.45, 7) is 0.383. The molecule has 4 heteroatoms. The highest BCUT2D eigenvalue weighted by Crippen LogP contribution is 2.35. The minimum Gasteiger partial charge on any atom is -0.469 e. The minimum absolute atomic E-state index is 0.128. The lowest BCUT2D eigenvalue weighted by molar-refractivity contribution is 0.0509. The number of allylic oxidation sites excluding steroid dienone is 3. The van der Waals surface area contributed by atoms with E-state index in [0.29, 0.717) is 12.7 Å². The summed E-state index contributed by atoms with van der Waals surface area (Å²) in [5.41, 5.74) is 2.55. The lowest BCUT2D eigenvalue weighted by atomic mass is 9.87. The topological polar surface area (TPSA) is 42.9 Å². The van der Waals surface area contributed by atoms with Gasteiger partial charge in [-0.15, -0.1) is 0 Å². The molecule has 0 aromatic heterocycles. The molecule has 0 aromatic rings. The molecule has 1 fully saturated rings. The van der Waals surface area contributed by atoms with Crippen molar-refractivity contribution in [1.82, 2.24) is 5.32 Å². The molecule has 18 heavy (non-hydrogen) atoms. The first kappa shape index (κ1) is 10.1. The Kier molecular flexibility index (Phi) is 2.17. The van der Waals surface area contributed by atoms with E-state index in [4.69, 9.17) is 9.47 Å². The summed E-state index contributed by atoms with van der Waals surface area (Å²) in [6.07, 6.45) is 12.4. The van der Waals surface area contributed by atoms with E-state index in [1.807, 2.05) is 6.20 Å². The van der Waals surface area contributed by atoms with Crippen LogP contribution in [0.25, 0.3) is 0 Å². The second-order valence-electron chi connectivity index (χ2n) is 4.79. The summed E-state index contributed by atoms with van der Waals surface area (Å²) in [4.78, 5) is 4.37. The highest BCUT2D eigenvalue weighted by atomic mass is 16.7. The SMILES string of the molecule is C1=CN=C2NC=C(C3=CCC4OCOC4=C3)C2C1. The Bertz CT molecular complexity index is 540. The van der Waals surface area contributed by atoms with Crippen LogP contribution in [0.4, 0.5) is 0 Å². The van der Waals surface area contributed by atoms with Crippen LogP contribution in [0, 0.1) is 5.92 Å². The normalized spacial score (nSPS) is 32.4. The number of amidine groups is 1. The van der Waals surface area contributed by atoms with Crippen LogP contribution in [-0.4, -0.2) is 18.7 Å². The Labute approximate surface area is 105 Å². The Morgan fingerprint density at radius 1 is 1.33 bits per heavy atom. The number of ether oxygens (including phenoxy) is 2. The fourth-order valence-electron chi connectivity index (χ4n) is 2.81. The van der Waals surface area contributed by atoms with E-state index in [-0.39, 0.29) is 6.10 Å². The van der Waals surface area contributed by atoms with Gasteiger partial charge in [0.05, 0.1) is 0 Å². The van der Waals surface area contributed by atoms with Crippen LogP contribution in [-0.2, 0) is 9.47 Å². The van der Waals surface area contributed by atoms with E-state index in [0.717, 1.165) is 24.4 Å². The van der Waals surface area contributed by atoms with Crippen molar-refractivity contribution >= 4 is 5.84 Å². The van der Waals surface area contributed by atoms with Crippen molar-refractivity contribution < 1.29 is 9.47 Å². The molecule has 4 aliphatic rings. The van der Waals surface area contributed by atoms with E-state index in [1.54, 1.807) is 0 Å². The molecule has 0 saturated carbocycles. The molecule has 0 aromatic carbocycles. The molecule has 3 aliphatic heterocycles. The first-order valence-corrected chi connectivity index (χ1v) is 6.27. The molecule has 2 unspecified atom stereocenters. The van der Waals surface area contributed by atoms with Gasteiger partial charge in [0.25, 0.3) is 0 Å². The van der Waals surface area contributed by atoms with Crippen molar-refractivity contribution in [2.45, 2.75) is 18.9 Å². The van der Waals surface area contributed by atoms with E-state index in [2.05, 4.69) is 34.7 Å². The molecule has 1 saturated heterocycles. The quantitative estimate of drug-likeness (QED) is 0.764. The summed E-state index contributed by atoms with van der Waals surface area (Å²) >= 11 is 0. The predicted octanol–water partition coefficient (Wildman–Crippen LogP) is 1.99. The highest BCUT2D eigenvalue weighted by molar-refractivity contribution is 5.93. The molecule has 1 N–H and O–H groups in total. The van der Waals surface area contributed by atoms with Crippen LogP contribution in [0.15, 0.2) is 52.5 Å². The average Bonchev–Trinajstić information content (AvgIpc) is 3.04. The monoisotopic (exact) mass is 242 g/mol. The van der Waals surface area contributed by atoms with Gasteiger partial charge in [-0.1, -0.05) is 12.2 Å². The van der Waals surface area contributed by atoms with Crippen molar-refractivity contribution in [3.63, 3.8) is 0 Å². The molecule has 3 heterocycles. The lowest BCUT2D eigenvalue weighted by Gasteiger charge is -2.19. The molecule has 0 bridgehead atoms. The zero-order valence-corrected chi connectivity index (χ0v) is 9.93. The van der Waals surface area contributed by atoms with Crippen molar-refractivity contribution in [3.8, 4) is 0 Å². The number of hydrogen-bond acceptors (Lipinski definition) is 4. The van der Waals surface area contributed by atoms with Gasteiger partial charge in [0.15, 0.2) is 6.79 Å². The molecule has 4 rings (SSSR count). The summed E-state index contributed by atoms with van der Waals surface area (Å²) in [7, 11) is 0. The third-order valence-electron chi connectivity index (χ3n) is 3.77. The van der Waals surface area contributed by atoms with E-state index < -0.39 is 0 Å². The molecule has 1 aliphatic carbocycles. The number of aliphatic imine (C=N–C) groups is 1. The lowest BCUT2D eigenvalue weighted by Crippen LogP contribution is -2.22. The second-order valence-corrected chi connectivity index (χ2v) is 4.79. The first-order valence-electron chi connectivity index (χ1n) is 6.27. The summed E-state index contributed by atoms with van der Waals surface area (Å²) in [5, 5.41) is 3.26. The van der Waals surface area contributed by atoms with Gasteiger partial charge >= 0.3 is 0 Å². The number of hydrogen-bond donors (Lipinski definition) is 1. The maximum absolute atomic E-state index is 5.49. The van der Waals surface area contributed by atoms with E-state index >= 15 is 0 Å². The zero-order chi connectivity index (χ0) is 11.9. The van der Waals surface area contributed by atoms with Crippen LogP contribution in [0.2, 0.25) is 0 Å². The first-order chi connectivity index (χ1) is 8.92. The minimum atomic E-state index is 0.128. The van der Waals surface area contributed by atoms with Gasteiger partial charge in [-0.3, -0.25) is 0 Å². The van der Waals surface area contributed by atoms with Crippen molar-refractivity contribution in [3.05, 3.63) is 47.5 Å². The molecule has 0 amide bonds. The maximum atomic E-state index is 5.49. The van der Waals surface area contributed by atoms with Crippen LogP contribution >= 0.6 is 0 Å². The second kappa shape index (κ2) is 3.85. The van der Waals surface area contributed by atoms with Gasteiger partial charge < -0.3 is 14.8 Å². The Balaban J connectivity index is 1.63. The van der Waals surface area contributed by atoms with Crippen molar-refractivity contribution in [2.75, 3.05) is 6.79 Å². The van der Waals surface area contributed by atoms with E-state index in [1.165, 1.54) is 11.1 Å². The predicted molar refractivity (Wildman–Crippen MR) is 67.5 cm³/mol. The van der Waals surface area contributed by atoms with Crippen LogP contribution in [0.3, 0.4) is 0 Å². The zero-order valence-electron chi connectivity index (χ0n) is 9.93. The molecule has 4 nitrogen and oxygen atoms in total. The molecule has 2 atom stereocenters. The summed E-state index contributed by atoms with van der Waals surface area (Å²) < 4.78 is 11.0. The molecular formula is C14H14N2O2. The fourth-order valence-corrected chi connectivity index (χ4v) is 2.81. The smallest absolute Gasteiger partial charge is 0.189 e. The Morgan fingerprint density at radius 2 is 2.33 bits per heavy atom. The molecule has 92 valence electrons. The van der Waals surface area contributed by atoms with Crippen LogP contribution in [0.1, 0.15) is 12.8 Å². The highest BCUT2D eigenvalue weighted by Gasteiger charge is 2.32. The van der Waals surface area contributed by atoms with Gasteiger partial charge in [-0.25, -0.2) is 4.99 Å². The number of nitrogens with one attached hydrogen (secondary N) is 1. The van der Waals surface area contributed by atoms with Crippen molar-refractivity contribution in [1.29, 1.82) is 0 Å². The number of nitrogens with zero attached hydrogens (tertiary/aromatic N) is 1. The molecule has 0 spiro atoms. The fraction of sp³-hybridized carbons (Fsp3) is 0.357. The Morgan fingerprint density at radius 3 is 3.33 bits per heavy atom. The standard InChI is InChI=1S/C14H14N2O2/c1-2-10-11(7-16-14(10)15-5-1)9-3-4-12-13(6-9)18-8-17-12/h1,3,5-7,10,12H,2,4,8H2,(H,15,16). The number of fused-ring (bicyclic) bond motifs is 2. The summed E-state index contributed by atoms with van der Waals surface area (Å²) in [5.74, 6) is 2.39. The van der Waals surface area contributed by atoms with Crippen LogP contribution in [0.5, 0.6) is 0 Å². The van der Waals surface area contributed by atoms with Gasteiger partial charge in [0, 0.05) is 18.3 Å². The van der Waals surface area contributed by atoms with Crippen LogP contribution < -0.4 is 5.32 Å². The third kappa shape index (κ3) is 1.46. The number of rotatable bonds is 1. The third-order valence-corrected chi connectivity index (χ3v) is 3.77. The largest absolute Gasteiger partial charge is 0.469 e. The van der Waals surface area contributed by atoms with Gasteiger partial charge in [-0.05, 0) is 30.1 Å². The van der Waals surface area contributed by atoms with Crippen molar-refractivity contribution in [2.24, 2.45) is 10.9 Å². The molecule has 0 radical (unpaired) electrons.